The standard InChI is InChI=1S/C24H24F5N3O3/c1-12(2)22(24(35)31-23-17(27)8-14(25)9-18(23)28)30-19(33)10-15-6-7-20(34)32(15)11-13-4-3-5-16(26)21(13)29/h3-5,8-9,12,15,22H,6-7,10-11H2,1-2H3,(H,30,33)(H,31,35)/t15-,22?/m0/s1. The topological polar surface area (TPSA) is 78.5 Å². The summed E-state index contributed by atoms with van der Waals surface area (Å²) in [4.78, 5) is 39.0. The molecule has 1 aliphatic rings. The first-order valence-electron chi connectivity index (χ1n) is 10.9. The molecule has 1 heterocycles. The molecule has 2 atom stereocenters. The summed E-state index contributed by atoms with van der Waals surface area (Å²) in [6.45, 7) is 2.97. The van der Waals surface area contributed by atoms with Crippen LogP contribution in [0.15, 0.2) is 30.3 Å². The number of amides is 3. The summed E-state index contributed by atoms with van der Waals surface area (Å²) in [6.07, 6.45) is 0.193. The van der Waals surface area contributed by atoms with Crippen molar-refractivity contribution in [2.24, 2.45) is 5.92 Å². The molecule has 2 N–H and O–H groups in total. The minimum atomic E-state index is -1.31. The number of carbonyl (C=O) groups is 3. The average Bonchev–Trinajstić information content (AvgIpc) is 3.10. The van der Waals surface area contributed by atoms with E-state index in [1.54, 1.807) is 13.8 Å². The van der Waals surface area contributed by atoms with Crippen LogP contribution in [0.2, 0.25) is 0 Å². The summed E-state index contributed by atoms with van der Waals surface area (Å²) in [6, 6.07) is 2.62. The molecule has 6 nitrogen and oxygen atoms in total. The number of benzene rings is 2. The van der Waals surface area contributed by atoms with E-state index < -0.39 is 64.6 Å². The fraction of sp³-hybridized carbons (Fsp3) is 0.375. The Balaban J connectivity index is 1.68. The van der Waals surface area contributed by atoms with Gasteiger partial charge in [0, 0.05) is 43.1 Å². The van der Waals surface area contributed by atoms with Crippen molar-refractivity contribution in [2.45, 2.75) is 51.7 Å². The van der Waals surface area contributed by atoms with Crippen molar-refractivity contribution in [3.05, 3.63) is 65.0 Å². The van der Waals surface area contributed by atoms with Crippen LogP contribution in [0.4, 0.5) is 27.6 Å². The quantitative estimate of drug-likeness (QED) is 0.541. The number of anilines is 1. The first-order valence-corrected chi connectivity index (χ1v) is 10.9. The van der Waals surface area contributed by atoms with Gasteiger partial charge in [-0.15, -0.1) is 0 Å². The fourth-order valence-electron chi connectivity index (χ4n) is 3.92. The minimum Gasteiger partial charge on any atom is -0.344 e. The van der Waals surface area contributed by atoms with Crippen LogP contribution in [0, 0.1) is 35.0 Å². The number of halogens is 5. The lowest BCUT2D eigenvalue weighted by atomic mass is 10.0. The van der Waals surface area contributed by atoms with Crippen LogP contribution in [0.5, 0.6) is 0 Å². The van der Waals surface area contributed by atoms with E-state index in [1.807, 2.05) is 5.32 Å². The van der Waals surface area contributed by atoms with Gasteiger partial charge < -0.3 is 15.5 Å². The normalized spacial score (nSPS) is 16.5. The molecular formula is C24H24F5N3O3. The van der Waals surface area contributed by atoms with Crippen molar-refractivity contribution in [1.29, 1.82) is 0 Å². The zero-order valence-corrected chi connectivity index (χ0v) is 19.0. The molecule has 0 aliphatic carbocycles. The van der Waals surface area contributed by atoms with Crippen LogP contribution in [0.1, 0.15) is 38.7 Å². The Morgan fingerprint density at radius 1 is 1.06 bits per heavy atom. The Morgan fingerprint density at radius 2 is 1.71 bits per heavy atom. The average molecular weight is 497 g/mol. The molecule has 0 aromatic heterocycles. The summed E-state index contributed by atoms with van der Waals surface area (Å²) >= 11 is 0. The van der Waals surface area contributed by atoms with E-state index in [0.29, 0.717) is 18.6 Å². The Hall–Kier alpha value is -3.50. The molecule has 1 unspecified atom stereocenters. The highest BCUT2D eigenvalue weighted by molar-refractivity contribution is 5.97. The molecule has 0 radical (unpaired) electrons. The lowest BCUT2D eigenvalue weighted by molar-refractivity contribution is -0.131. The molecule has 0 spiro atoms. The molecule has 1 fully saturated rings. The minimum absolute atomic E-state index is 0.0338. The lowest BCUT2D eigenvalue weighted by Crippen LogP contribution is -2.48. The predicted octanol–water partition coefficient (Wildman–Crippen LogP) is 4.04. The van der Waals surface area contributed by atoms with Gasteiger partial charge in [-0.3, -0.25) is 14.4 Å². The second kappa shape index (κ2) is 10.8. The first kappa shape index (κ1) is 26.1. The molecule has 3 rings (SSSR count). The highest BCUT2D eigenvalue weighted by atomic mass is 19.2. The molecule has 2 aromatic rings. The second-order valence-corrected chi connectivity index (χ2v) is 8.65. The molecule has 1 aliphatic heterocycles. The maximum Gasteiger partial charge on any atom is 0.247 e. The van der Waals surface area contributed by atoms with Gasteiger partial charge in [-0.25, -0.2) is 22.0 Å². The van der Waals surface area contributed by atoms with Crippen LogP contribution < -0.4 is 10.6 Å². The van der Waals surface area contributed by atoms with Crippen molar-refractivity contribution in [3.63, 3.8) is 0 Å². The Kier molecular flexibility index (Phi) is 8.08. The zero-order chi connectivity index (χ0) is 25.9. The summed E-state index contributed by atoms with van der Waals surface area (Å²) < 4.78 is 68.5. The summed E-state index contributed by atoms with van der Waals surface area (Å²) in [5, 5.41) is 4.53. The number of hydrogen-bond acceptors (Lipinski definition) is 3. The van der Waals surface area contributed by atoms with Crippen molar-refractivity contribution in [2.75, 3.05) is 5.32 Å². The highest BCUT2D eigenvalue weighted by Crippen LogP contribution is 2.26. The van der Waals surface area contributed by atoms with E-state index >= 15 is 0 Å². The summed E-state index contributed by atoms with van der Waals surface area (Å²) in [5.41, 5.74) is -0.880. The lowest BCUT2D eigenvalue weighted by Gasteiger charge is -2.27. The van der Waals surface area contributed by atoms with E-state index in [1.165, 1.54) is 17.0 Å². The molecule has 1 saturated heterocycles. The third-order valence-corrected chi connectivity index (χ3v) is 5.77. The van der Waals surface area contributed by atoms with Gasteiger partial charge in [-0.05, 0) is 18.4 Å². The van der Waals surface area contributed by atoms with E-state index in [-0.39, 0.29) is 30.9 Å². The maximum absolute atomic E-state index is 14.1. The Morgan fingerprint density at radius 3 is 2.34 bits per heavy atom. The Bertz CT molecular complexity index is 1120. The largest absolute Gasteiger partial charge is 0.344 e. The molecule has 11 heteroatoms. The van der Waals surface area contributed by atoms with Gasteiger partial charge in [-0.1, -0.05) is 26.0 Å². The van der Waals surface area contributed by atoms with Gasteiger partial charge in [0.2, 0.25) is 17.7 Å². The smallest absolute Gasteiger partial charge is 0.247 e. The summed E-state index contributed by atoms with van der Waals surface area (Å²) in [7, 11) is 0. The molecule has 35 heavy (non-hydrogen) atoms. The first-order chi connectivity index (χ1) is 16.5. The fourth-order valence-corrected chi connectivity index (χ4v) is 3.92. The van der Waals surface area contributed by atoms with Gasteiger partial charge in [0.1, 0.15) is 17.5 Å². The highest BCUT2D eigenvalue weighted by Gasteiger charge is 2.34. The van der Waals surface area contributed by atoms with Crippen molar-refractivity contribution in [3.8, 4) is 0 Å². The number of carbonyl (C=O) groups excluding carboxylic acids is 3. The van der Waals surface area contributed by atoms with E-state index in [2.05, 4.69) is 5.32 Å². The summed E-state index contributed by atoms with van der Waals surface area (Å²) in [5.74, 6) is -8.26. The van der Waals surface area contributed by atoms with Gasteiger partial charge in [0.25, 0.3) is 0 Å². The van der Waals surface area contributed by atoms with Crippen LogP contribution in [-0.4, -0.2) is 34.7 Å². The van der Waals surface area contributed by atoms with Crippen molar-refractivity contribution >= 4 is 23.4 Å². The number of nitrogens with one attached hydrogen (secondary N) is 2. The van der Waals surface area contributed by atoms with E-state index in [0.717, 1.165) is 6.07 Å². The van der Waals surface area contributed by atoms with Crippen molar-refractivity contribution in [1.82, 2.24) is 10.2 Å². The molecule has 2 aromatic carbocycles. The third-order valence-electron chi connectivity index (χ3n) is 5.77. The Labute approximate surface area is 198 Å². The monoisotopic (exact) mass is 497 g/mol. The van der Waals surface area contributed by atoms with Crippen LogP contribution >= 0.6 is 0 Å². The number of hydrogen-bond donors (Lipinski definition) is 2. The molecule has 0 saturated carbocycles. The van der Waals surface area contributed by atoms with Crippen LogP contribution in [0.25, 0.3) is 0 Å². The molecule has 0 bridgehead atoms. The maximum atomic E-state index is 14.1. The predicted molar refractivity (Wildman–Crippen MR) is 116 cm³/mol. The van der Waals surface area contributed by atoms with Gasteiger partial charge in [-0.2, -0.15) is 0 Å². The molecule has 188 valence electrons. The van der Waals surface area contributed by atoms with Gasteiger partial charge in [0.05, 0.1) is 0 Å². The van der Waals surface area contributed by atoms with Crippen LogP contribution in [0.3, 0.4) is 0 Å². The van der Waals surface area contributed by atoms with Gasteiger partial charge >= 0.3 is 0 Å². The van der Waals surface area contributed by atoms with Gasteiger partial charge in [0.15, 0.2) is 23.3 Å². The van der Waals surface area contributed by atoms with Crippen LogP contribution in [-0.2, 0) is 20.9 Å². The zero-order valence-electron chi connectivity index (χ0n) is 19.0. The van der Waals surface area contributed by atoms with E-state index in [4.69, 9.17) is 0 Å². The number of nitrogens with zero attached hydrogens (tertiary/aromatic N) is 1. The number of likely N-dealkylation sites (tertiary alicyclic amines) is 1. The number of rotatable bonds is 8. The van der Waals surface area contributed by atoms with E-state index in [9.17, 15) is 36.3 Å². The third kappa shape index (κ3) is 6.14. The molecule has 3 amide bonds. The second-order valence-electron chi connectivity index (χ2n) is 8.65. The molecular weight excluding hydrogens is 473 g/mol. The van der Waals surface area contributed by atoms with Crippen molar-refractivity contribution < 1.29 is 36.3 Å². The SMILES string of the molecule is CC(C)C(NC(=O)C[C@@H]1CCC(=O)N1Cc1cccc(F)c1F)C(=O)Nc1c(F)cc(F)cc1F.